The molecule has 0 aliphatic carbocycles. The molecule has 1 aromatic carbocycles. The Hall–Kier alpha value is -2.96. The van der Waals surface area contributed by atoms with E-state index in [1.807, 2.05) is 41.5 Å². The van der Waals surface area contributed by atoms with E-state index in [1.165, 1.54) is 26.0 Å². The highest BCUT2D eigenvalue weighted by Crippen LogP contribution is 2.34. The van der Waals surface area contributed by atoms with E-state index < -0.39 is 10.8 Å². The number of allylic oxidation sites excluding steroid dienone is 2. The largest absolute Gasteiger partial charge is 0.386 e. The van der Waals surface area contributed by atoms with Crippen molar-refractivity contribution in [1.82, 2.24) is 10.6 Å². The molecule has 2 N–H and O–H groups in total. The van der Waals surface area contributed by atoms with Crippen LogP contribution in [-0.4, -0.2) is 27.6 Å². The number of rotatable bonds is 8. The molecule has 1 rings (SSSR count). The third-order valence-corrected chi connectivity index (χ3v) is 4.19. The van der Waals surface area contributed by atoms with Gasteiger partial charge in [0.25, 0.3) is 5.69 Å². The summed E-state index contributed by atoms with van der Waals surface area (Å²) in [7, 11) is 0. The molecule has 0 saturated carbocycles. The normalized spacial score (nSPS) is 14.1. The Labute approximate surface area is 178 Å². The third kappa shape index (κ3) is 7.81. The maximum absolute atomic E-state index is 12.6. The molecule has 7 nitrogen and oxygen atoms in total. The number of ketones is 2. The first-order valence-electron chi connectivity index (χ1n) is 9.84. The van der Waals surface area contributed by atoms with Gasteiger partial charge in [-0.3, -0.25) is 19.7 Å². The topological polar surface area (TPSA) is 101 Å². The Morgan fingerprint density at radius 1 is 0.867 bits per heavy atom. The summed E-state index contributed by atoms with van der Waals surface area (Å²) in [5, 5.41) is 17.4. The fraction of sp³-hybridized carbons (Fsp3) is 0.478. The van der Waals surface area contributed by atoms with Gasteiger partial charge in [-0.25, -0.2) is 0 Å². The van der Waals surface area contributed by atoms with Crippen molar-refractivity contribution < 1.29 is 14.5 Å². The Morgan fingerprint density at radius 2 is 1.23 bits per heavy atom. The number of non-ortho nitro benzene ring substituents is 1. The smallest absolute Gasteiger partial charge is 0.269 e. The van der Waals surface area contributed by atoms with Crippen LogP contribution in [0.15, 0.2) is 47.8 Å². The van der Waals surface area contributed by atoms with Crippen molar-refractivity contribution in [3.8, 4) is 0 Å². The van der Waals surface area contributed by atoms with Crippen LogP contribution in [0, 0.1) is 10.1 Å². The molecule has 0 unspecified atom stereocenters. The standard InChI is InChI=1S/C23H33N3O4/c1-15(27)19(13-24-22(3,4)5)21(17-9-11-18(12-10-17)26(29)30)20(16(2)28)14-25-23(6,7)8/h9-14,21,24-25H,1-8H3/b19-13+,20-14+. The van der Waals surface area contributed by atoms with Crippen LogP contribution in [-0.2, 0) is 9.59 Å². The Morgan fingerprint density at radius 3 is 1.50 bits per heavy atom. The molecule has 0 radical (unpaired) electrons. The molecular weight excluding hydrogens is 382 g/mol. The maximum Gasteiger partial charge on any atom is 0.269 e. The van der Waals surface area contributed by atoms with Crippen LogP contribution in [0.3, 0.4) is 0 Å². The molecule has 30 heavy (non-hydrogen) atoms. The van der Waals surface area contributed by atoms with Crippen LogP contribution >= 0.6 is 0 Å². The highest BCUT2D eigenvalue weighted by Gasteiger charge is 2.28. The van der Waals surface area contributed by atoms with Gasteiger partial charge in [-0.2, -0.15) is 0 Å². The summed E-state index contributed by atoms with van der Waals surface area (Å²) in [5.41, 5.74) is 0.788. The van der Waals surface area contributed by atoms with Gasteiger partial charge in [0.05, 0.1) is 4.92 Å². The summed E-state index contributed by atoms with van der Waals surface area (Å²) in [4.78, 5) is 35.8. The summed E-state index contributed by atoms with van der Waals surface area (Å²) < 4.78 is 0. The van der Waals surface area contributed by atoms with Crippen LogP contribution in [0.1, 0.15) is 66.9 Å². The molecule has 0 bridgehead atoms. The zero-order chi connectivity index (χ0) is 23.3. The maximum atomic E-state index is 12.6. The zero-order valence-corrected chi connectivity index (χ0v) is 19.1. The molecule has 0 amide bonds. The number of nitro benzene ring substituents is 1. The lowest BCUT2D eigenvalue weighted by molar-refractivity contribution is -0.384. The van der Waals surface area contributed by atoms with Crippen LogP contribution in [0.25, 0.3) is 0 Å². The van der Waals surface area contributed by atoms with Crippen molar-refractivity contribution >= 4 is 17.3 Å². The van der Waals surface area contributed by atoms with Gasteiger partial charge < -0.3 is 10.6 Å². The van der Waals surface area contributed by atoms with Crippen LogP contribution in [0.5, 0.6) is 0 Å². The van der Waals surface area contributed by atoms with E-state index in [2.05, 4.69) is 10.6 Å². The number of nitrogens with one attached hydrogen (secondary N) is 2. The van der Waals surface area contributed by atoms with Gasteiger partial charge in [0.15, 0.2) is 11.6 Å². The predicted molar refractivity (Wildman–Crippen MR) is 119 cm³/mol. The van der Waals surface area contributed by atoms with Crippen molar-refractivity contribution in [2.24, 2.45) is 0 Å². The molecule has 0 heterocycles. The van der Waals surface area contributed by atoms with E-state index in [1.54, 1.807) is 24.5 Å². The minimum absolute atomic E-state index is 0.0557. The second kappa shape index (κ2) is 9.69. The average molecular weight is 416 g/mol. The number of carbonyl (C=O) groups excluding carboxylic acids is 2. The van der Waals surface area contributed by atoms with E-state index in [-0.39, 0.29) is 28.3 Å². The van der Waals surface area contributed by atoms with E-state index in [4.69, 9.17) is 0 Å². The first kappa shape index (κ1) is 25.1. The molecule has 0 spiro atoms. The van der Waals surface area contributed by atoms with Gasteiger partial charge in [-0.05, 0) is 61.0 Å². The Bertz CT molecular complexity index is 810. The lowest BCUT2D eigenvalue weighted by Gasteiger charge is -2.26. The number of hydrogen-bond acceptors (Lipinski definition) is 6. The molecule has 0 aliphatic rings. The summed E-state index contributed by atoms with van der Waals surface area (Å²) in [6.45, 7) is 14.7. The molecular formula is C23H33N3O4. The highest BCUT2D eigenvalue weighted by atomic mass is 16.6. The second-order valence-corrected chi connectivity index (χ2v) is 9.38. The van der Waals surface area contributed by atoms with Crippen LogP contribution in [0.2, 0.25) is 0 Å². The van der Waals surface area contributed by atoms with Gasteiger partial charge in [-0.15, -0.1) is 0 Å². The van der Waals surface area contributed by atoms with E-state index in [0.29, 0.717) is 16.7 Å². The molecule has 0 saturated heterocycles. The molecule has 0 aromatic heterocycles. The van der Waals surface area contributed by atoms with Gasteiger partial charge in [-0.1, -0.05) is 12.1 Å². The van der Waals surface area contributed by atoms with Gasteiger partial charge in [0.1, 0.15) is 0 Å². The van der Waals surface area contributed by atoms with Gasteiger partial charge >= 0.3 is 0 Å². The number of carbonyl (C=O) groups is 2. The Kier molecular flexibility index (Phi) is 8.10. The summed E-state index contributed by atoms with van der Waals surface area (Å²) in [5.74, 6) is -1.07. The SMILES string of the molecule is CC(=O)/C(=C\NC(C)(C)C)C(/C(=C/NC(C)(C)C)C(C)=O)c1ccc([N+](=O)[O-])cc1. The predicted octanol–water partition coefficient (Wildman–Crippen LogP) is 4.40. The van der Waals surface area contributed by atoms with Crippen molar-refractivity contribution in [2.75, 3.05) is 0 Å². The minimum atomic E-state index is -0.675. The van der Waals surface area contributed by atoms with Crippen molar-refractivity contribution in [3.05, 3.63) is 63.5 Å². The summed E-state index contributed by atoms with van der Waals surface area (Å²) in [6, 6.07) is 5.94. The summed E-state index contributed by atoms with van der Waals surface area (Å²) >= 11 is 0. The number of Topliss-reactive ketones (excluding diaryl/α,β-unsaturated/α-hetero) is 2. The molecule has 7 heteroatoms. The van der Waals surface area contributed by atoms with E-state index >= 15 is 0 Å². The van der Waals surface area contributed by atoms with Crippen molar-refractivity contribution in [3.63, 3.8) is 0 Å². The highest BCUT2D eigenvalue weighted by molar-refractivity contribution is 6.02. The van der Waals surface area contributed by atoms with Crippen LogP contribution in [0.4, 0.5) is 5.69 Å². The monoisotopic (exact) mass is 415 g/mol. The summed E-state index contributed by atoms with van der Waals surface area (Å²) in [6.07, 6.45) is 3.28. The quantitative estimate of drug-likeness (QED) is 0.371. The molecule has 0 fully saturated rings. The third-order valence-electron chi connectivity index (χ3n) is 4.19. The van der Waals surface area contributed by atoms with Gasteiger partial charge in [0.2, 0.25) is 0 Å². The second-order valence-electron chi connectivity index (χ2n) is 9.38. The number of benzene rings is 1. The van der Waals surface area contributed by atoms with Crippen molar-refractivity contribution in [2.45, 2.75) is 72.4 Å². The zero-order valence-electron chi connectivity index (χ0n) is 19.1. The van der Waals surface area contributed by atoms with Crippen LogP contribution < -0.4 is 10.6 Å². The van der Waals surface area contributed by atoms with E-state index in [9.17, 15) is 19.7 Å². The Balaban J connectivity index is 3.69. The number of nitrogens with zero attached hydrogens (tertiary/aromatic N) is 1. The number of hydrogen-bond donors (Lipinski definition) is 2. The minimum Gasteiger partial charge on any atom is -0.386 e. The number of nitro groups is 1. The molecule has 164 valence electrons. The van der Waals surface area contributed by atoms with E-state index in [0.717, 1.165) is 0 Å². The van der Waals surface area contributed by atoms with Gasteiger partial charge in [0, 0.05) is 52.7 Å². The molecule has 0 atom stereocenters. The molecule has 0 aliphatic heterocycles. The fourth-order valence-electron chi connectivity index (χ4n) is 2.68. The van der Waals surface area contributed by atoms with Crippen molar-refractivity contribution in [1.29, 1.82) is 0 Å². The lowest BCUT2D eigenvalue weighted by Crippen LogP contribution is -2.34. The fourth-order valence-corrected chi connectivity index (χ4v) is 2.68. The first-order chi connectivity index (χ1) is 13.6. The average Bonchev–Trinajstić information content (AvgIpc) is 2.58. The molecule has 1 aromatic rings. The lowest BCUT2D eigenvalue weighted by atomic mass is 9.81. The first-order valence-corrected chi connectivity index (χ1v) is 9.84.